The Morgan fingerprint density at radius 2 is 2.07 bits per heavy atom. The van der Waals surface area contributed by atoms with Gasteiger partial charge in [-0.05, 0) is 39.3 Å². The van der Waals surface area contributed by atoms with Gasteiger partial charge in [0.25, 0.3) is 5.56 Å². The summed E-state index contributed by atoms with van der Waals surface area (Å²) < 4.78 is 20.4. The van der Waals surface area contributed by atoms with Gasteiger partial charge in [-0.3, -0.25) is 14.3 Å². The third-order valence-electron chi connectivity index (χ3n) is 4.23. The highest BCUT2D eigenvalue weighted by Gasteiger charge is 2.25. The lowest BCUT2D eigenvalue weighted by atomic mass is 10.1. The third-order valence-corrected chi connectivity index (χ3v) is 4.55. The Bertz CT molecular complexity index is 1160. The minimum absolute atomic E-state index is 0.175. The summed E-state index contributed by atoms with van der Waals surface area (Å²) in [7, 11) is 0. The van der Waals surface area contributed by atoms with Gasteiger partial charge in [-0.15, -0.1) is 0 Å². The number of ether oxygens (including phenoxy) is 1. The first kappa shape index (κ1) is 21.7. The number of hydrogen-bond donors (Lipinski definition) is 1. The van der Waals surface area contributed by atoms with Gasteiger partial charge in [0.1, 0.15) is 17.2 Å². The Labute approximate surface area is 177 Å². The largest absolute Gasteiger partial charge is 0.444 e. The van der Waals surface area contributed by atoms with Gasteiger partial charge in [-0.2, -0.15) is 0 Å². The molecule has 1 unspecified atom stereocenters. The molecule has 9 heteroatoms. The number of alkyl carbamates (subject to hydrolysis) is 1. The summed E-state index contributed by atoms with van der Waals surface area (Å²) in [6.07, 6.45) is 2.13. The van der Waals surface area contributed by atoms with Gasteiger partial charge >= 0.3 is 6.09 Å². The average Bonchev–Trinajstić information content (AvgIpc) is 2.64. The zero-order valence-corrected chi connectivity index (χ0v) is 17.8. The molecule has 2 aromatic heterocycles. The molecular weight excluding hydrogens is 411 g/mol. The van der Waals surface area contributed by atoms with Crippen LogP contribution in [0.25, 0.3) is 16.6 Å². The maximum atomic E-state index is 13.9. The van der Waals surface area contributed by atoms with Gasteiger partial charge in [-0.1, -0.05) is 24.6 Å². The van der Waals surface area contributed by atoms with Crippen LogP contribution in [-0.4, -0.2) is 26.2 Å². The topological polar surface area (TPSA) is 86.1 Å². The van der Waals surface area contributed by atoms with Crippen molar-refractivity contribution in [2.24, 2.45) is 0 Å². The van der Waals surface area contributed by atoms with E-state index in [1.807, 2.05) is 6.92 Å². The van der Waals surface area contributed by atoms with Crippen LogP contribution in [0, 0.1) is 5.82 Å². The van der Waals surface area contributed by atoms with Gasteiger partial charge in [0.2, 0.25) is 0 Å². The van der Waals surface area contributed by atoms with E-state index in [0.29, 0.717) is 11.9 Å². The van der Waals surface area contributed by atoms with E-state index in [0.717, 1.165) is 6.20 Å². The van der Waals surface area contributed by atoms with Crippen LogP contribution in [0.15, 0.2) is 41.5 Å². The zero-order chi connectivity index (χ0) is 22.1. The van der Waals surface area contributed by atoms with Crippen LogP contribution in [0.5, 0.6) is 0 Å². The monoisotopic (exact) mass is 432 g/mol. The van der Waals surface area contributed by atoms with E-state index in [1.54, 1.807) is 39.0 Å². The normalized spacial score (nSPS) is 12.6. The van der Waals surface area contributed by atoms with Crippen LogP contribution in [0.4, 0.5) is 9.18 Å². The van der Waals surface area contributed by atoms with Crippen molar-refractivity contribution in [3.05, 3.63) is 63.7 Å². The Hall–Kier alpha value is -3.00. The predicted octanol–water partition coefficient (Wildman–Crippen LogP) is 4.55. The molecule has 0 aliphatic rings. The number of hydrogen-bond acceptors (Lipinski definition) is 5. The molecule has 0 aliphatic heterocycles. The zero-order valence-electron chi connectivity index (χ0n) is 17.1. The fraction of sp³-hybridized carbons (Fsp3) is 0.333. The lowest BCUT2D eigenvalue weighted by Gasteiger charge is -2.24. The first-order chi connectivity index (χ1) is 14.1. The molecule has 1 amide bonds. The van der Waals surface area contributed by atoms with Crippen molar-refractivity contribution in [2.45, 2.75) is 45.8 Å². The van der Waals surface area contributed by atoms with Gasteiger partial charge < -0.3 is 10.1 Å². The molecule has 0 bridgehead atoms. The van der Waals surface area contributed by atoms with Gasteiger partial charge in [0.15, 0.2) is 0 Å². The summed E-state index contributed by atoms with van der Waals surface area (Å²) in [5, 5.41) is 3.16. The maximum absolute atomic E-state index is 13.9. The SMILES string of the molecule is CCC(NC(=O)OC(C)(C)C)c1nc2cccc(Cl)c2c(=O)n1-c1cncc(F)c1. The van der Waals surface area contributed by atoms with Crippen molar-refractivity contribution < 1.29 is 13.9 Å². The molecule has 0 fully saturated rings. The average molecular weight is 433 g/mol. The Kier molecular flexibility index (Phi) is 6.07. The summed E-state index contributed by atoms with van der Waals surface area (Å²) in [6.45, 7) is 7.07. The third kappa shape index (κ3) is 4.59. The van der Waals surface area contributed by atoms with E-state index in [9.17, 15) is 14.0 Å². The summed E-state index contributed by atoms with van der Waals surface area (Å²) in [5.74, 6) is -0.395. The Balaban J connectivity index is 2.22. The van der Waals surface area contributed by atoms with Gasteiger partial charge in [0.05, 0.1) is 40.0 Å². The van der Waals surface area contributed by atoms with Crippen LogP contribution < -0.4 is 10.9 Å². The standard InChI is InChI=1S/C21H22ClFN4O3/c1-5-15(26-20(29)30-21(2,3)4)18-25-16-8-6-7-14(22)17(16)19(28)27(18)13-9-12(23)10-24-11-13/h6-11,15H,5H2,1-4H3,(H,26,29). The summed E-state index contributed by atoms with van der Waals surface area (Å²) in [5.41, 5.74) is -0.641. The van der Waals surface area contributed by atoms with Crippen molar-refractivity contribution in [1.82, 2.24) is 19.9 Å². The fourth-order valence-electron chi connectivity index (χ4n) is 3.01. The second kappa shape index (κ2) is 8.39. The number of amides is 1. The number of nitrogens with zero attached hydrogens (tertiary/aromatic N) is 3. The summed E-state index contributed by atoms with van der Waals surface area (Å²) >= 11 is 6.24. The molecule has 3 rings (SSSR count). The molecule has 30 heavy (non-hydrogen) atoms. The van der Waals surface area contributed by atoms with Crippen molar-refractivity contribution >= 4 is 28.6 Å². The maximum Gasteiger partial charge on any atom is 0.408 e. The Morgan fingerprint density at radius 1 is 1.33 bits per heavy atom. The first-order valence-electron chi connectivity index (χ1n) is 9.42. The van der Waals surface area contributed by atoms with Crippen LogP contribution >= 0.6 is 11.6 Å². The molecule has 7 nitrogen and oxygen atoms in total. The van der Waals surface area contributed by atoms with Crippen molar-refractivity contribution in [1.29, 1.82) is 0 Å². The number of benzene rings is 1. The van der Waals surface area contributed by atoms with Crippen LogP contribution in [0.1, 0.15) is 46.0 Å². The molecule has 0 radical (unpaired) electrons. The Morgan fingerprint density at radius 3 is 2.70 bits per heavy atom. The van der Waals surface area contributed by atoms with E-state index in [4.69, 9.17) is 16.3 Å². The number of pyridine rings is 1. The van der Waals surface area contributed by atoms with E-state index >= 15 is 0 Å². The van der Waals surface area contributed by atoms with Gasteiger partial charge in [-0.25, -0.2) is 14.2 Å². The lowest BCUT2D eigenvalue weighted by molar-refractivity contribution is 0.0499. The summed E-state index contributed by atoms with van der Waals surface area (Å²) in [6, 6.07) is 5.40. The first-order valence-corrected chi connectivity index (χ1v) is 9.80. The molecule has 3 aromatic rings. The molecule has 1 N–H and O–H groups in total. The minimum Gasteiger partial charge on any atom is -0.444 e. The number of rotatable bonds is 4. The molecular formula is C21H22ClFN4O3. The summed E-state index contributed by atoms with van der Waals surface area (Å²) in [4.78, 5) is 34.1. The van der Waals surface area contributed by atoms with Crippen LogP contribution in [0.3, 0.4) is 0 Å². The van der Waals surface area contributed by atoms with Gasteiger partial charge in [0, 0.05) is 6.07 Å². The molecule has 1 atom stereocenters. The number of nitrogens with one attached hydrogen (secondary N) is 1. The number of carbonyl (C=O) groups excluding carboxylic acids is 1. The molecule has 0 saturated heterocycles. The number of carbonyl (C=O) groups is 1. The van der Waals surface area contributed by atoms with Crippen molar-refractivity contribution in [3.63, 3.8) is 0 Å². The highest BCUT2D eigenvalue weighted by molar-refractivity contribution is 6.35. The van der Waals surface area contributed by atoms with Crippen molar-refractivity contribution in [3.8, 4) is 5.69 Å². The molecule has 1 aromatic carbocycles. The second-order valence-electron chi connectivity index (χ2n) is 7.71. The highest BCUT2D eigenvalue weighted by atomic mass is 35.5. The number of aromatic nitrogens is 3. The fourth-order valence-corrected chi connectivity index (χ4v) is 3.26. The minimum atomic E-state index is -0.696. The molecule has 0 saturated carbocycles. The lowest BCUT2D eigenvalue weighted by Crippen LogP contribution is -2.37. The number of fused-ring (bicyclic) bond motifs is 1. The van der Waals surface area contributed by atoms with Crippen molar-refractivity contribution in [2.75, 3.05) is 0 Å². The molecule has 0 spiro atoms. The predicted molar refractivity (Wildman–Crippen MR) is 113 cm³/mol. The smallest absolute Gasteiger partial charge is 0.408 e. The second-order valence-corrected chi connectivity index (χ2v) is 8.12. The van der Waals surface area contributed by atoms with E-state index in [-0.39, 0.29) is 21.9 Å². The molecule has 0 aliphatic carbocycles. The quantitative estimate of drug-likeness (QED) is 0.653. The number of halogens is 2. The van der Waals surface area contributed by atoms with E-state index in [2.05, 4.69) is 15.3 Å². The van der Waals surface area contributed by atoms with Crippen LogP contribution in [0.2, 0.25) is 5.02 Å². The van der Waals surface area contributed by atoms with E-state index in [1.165, 1.54) is 16.8 Å². The highest BCUT2D eigenvalue weighted by Crippen LogP contribution is 2.24. The van der Waals surface area contributed by atoms with Crippen LogP contribution in [-0.2, 0) is 4.74 Å². The molecule has 2 heterocycles. The van der Waals surface area contributed by atoms with E-state index < -0.39 is 29.1 Å². The molecule has 158 valence electrons.